The van der Waals surface area contributed by atoms with E-state index >= 15 is 0 Å². The molecular formula is C23H25N3O2. The molecule has 1 heterocycles. The van der Waals surface area contributed by atoms with Gasteiger partial charge in [0.15, 0.2) is 0 Å². The van der Waals surface area contributed by atoms with Crippen LogP contribution < -0.4 is 4.74 Å². The maximum atomic E-state index is 13.1. The Morgan fingerprint density at radius 1 is 1.14 bits per heavy atom. The molecular weight excluding hydrogens is 350 g/mol. The van der Waals surface area contributed by atoms with Crippen molar-refractivity contribution in [2.45, 2.75) is 25.7 Å². The van der Waals surface area contributed by atoms with E-state index in [1.807, 2.05) is 67.6 Å². The maximum absolute atomic E-state index is 13.1. The highest BCUT2D eigenvalue weighted by atomic mass is 16.5. The van der Waals surface area contributed by atoms with Crippen LogP contribution in [0.3, 0.4) is 0 Å². The Hall–Kier alpha value is -3.08. The van der Waals surface area contributed by atoms with Crippen molar-refractivity contribution in [2.24, 2.45) is 0 Å². The number of carbonyl (C=O) groups is 1. The van der Waals surface area contributed by atoms with Gasteiger partial charge in [0, 0.05) is 13.0 Å². The lowest BCUT2D eigenvalue weighted by atomic mass is 10.2. The van der Waals surface area contributed by atoms with Crippen LogP contribution in [0.2, 0.25) is 0 Å². The summed E-state index contributed by atoms with van der Waals surface area (Å²) in [4.78, 5) is 14.8. The number of amides is 1. The number of rotatable bonds is 7. The molecule has 2 aromatic carbocycles. The minimum absolute atomic E-state index is 0.0453. The zero-order chi connectivity index (χ0) is 19.5. The highest BCUT2D eigenvalue weighted by molar-refractivity contribution is 5.93. The summed E-state index contributed by atoms with van der Waals surface area (Å²) in [6.45, 7) is 2.98. The maximum Gasteiger partial charge on any atom is 0.272 e. The number of hydrogen-bond donors (Lipinski definition) is 0. The fourth-order valence-corrected chi connectivity index (χ4v) is 3.20. The molecule has 144 valence electrons. The Morgan fingerprint density at radius 2 is 1.93 bits per heavy atom. The Morgan fingerprint density at radius 3 is 2.64 bits per heavy atom. The predicted molar refractivity (Wildman–Crippen MR) is 109 cm³/mol. The zero-order valence-corrected chi connectivity index (χ0v) is 16.3. The molecule has 5 heteroatoms. The van der Waals surface area contributed by atoms with E-state index < -0.39 is 0 Å². The van der Waals surface area contributed by atoms with E-state index in [0.717, 1.165) is 35.5 Å². The molecule has 0 N–H and O–H groups in total. The molecule has 1 aromatic heterocycles. The van der Waals surface area contributed by atoms with Gasteiger partial charge < -0.3 is 9.64 Å². The third kappa shape index (κ3) is 4.09. The topological polar surface area (TPSA) is 47.4 Å². The highest BCUT2D eigenvalue weighted by Gasteiger charge is 2.29. The second kappa shape index (κ2) is 7.89. The average Bonchev–Trinajstić information content (AvgIpc) is 3.46. The van der Waals surface area contributed by atoms with E-state index in [2.05, 4.69) is 0 Å². The van der Waals surface area contributed by atoms with Crippen LogP contribution in [0.1, 0.15) is 40.5 Å². The third-order valence-corrected chi connectivity index (χ3v) is 4.98. The fourth-order valence-electron chi connectivity index (χ4n) is 3.20. The van der Waals surface area contributed by atoms with Crippen molar-refractivity contribution in [3.8, 4) is 11.4 Å². The second-order valence-corrected chi connectivity index (χ2v) is 7.37. The number of nitrogens with zero attached hydrogens (tertiary/aromatic N) is 3. The largest absolute Gasteiger partial charge is 0.492 e. The van der Waals surface area contributed by atoms with Crippen molar-refractivity contribution >= 4 is 5.91 Å². The van der Waals surface area contributed by atoms with E-state index in [1.54, 1.807) is 16.6 Å². The lowest BCUT2D eigenvalue weighted by Gasteiger charge is -2.18. The van der Waals surface area contributed by atoms with Crippen LogP contribution in [0.5, 0.6) is 5.75 Å². The lowest BCUT2D eigenvalue weighted by Crippen LogP contribution is -2.32. The molecule has 5 nitrogen and oxygen atoms in total. The van der Waals surface area contributed by atoms with Crippen molar-refractivity contribution in [1.29, 1.82) is 0 Å². The average molecular weight is 375 g/mol. The van der Waals surface area contributed by atoms with E-state index in [0.29, 0.717) is 24.8 Å². The Labute approximate surface area is 165 Å². The Balaban J connectivity index is 1.47. The van der Waals surface area contributed by atoms with Crippen molar-refractivity contribution in [2.75, 3.05) is 20.2 Å². The van der Waals surface area contributed by atoms with Gasteiger partial charge in [0.05, 0.1) is 17.9 Å². The second-order valence-electron chi connectivity index (χ2n) is 7.37. The summed E-state index contributed by atoms with van der Waals surface area (Å²) >= 11 is 0. The van der Waals surface area contributed by atoms with Crippen LogP contribution in [0.4, 0.5) is 0 Å². The standard InChI is InChI=1S/C23H25N3O2/c1-17-7-6-10-20(15-17)28-14-13-25(2)23(27)22-16-21(18-11-12-18)24-26(22)19-8-4-3-5-9-19/h3-10,15-16,18H,11-14H2,1-2H3. The van der Waals surface area contributed by atoms with Gasteiger partial charge in [-0.3, -0.25) is 4.79 Å². The van der Waals surface area contributed by atoms with E-state index in [1.165, 1.54) is 0 Å². The summed E-state index contributed by atoms with van der Waals surface area (Å²) in [6, 6.07) is 19.7. The van der Waals surface area contributed by atoms with Crippen molar-refractivity contribution < 1.29 is 9.53 Å². The van der Waals surface area contributed by atoms with Gasteiger partial charge in [0.2, 0.25) is 0 Å². The molecule has 1 aliphatic carbocycles. The van der Waals surface area contributed by atoms with Crippen LogP contribution in [-0.2, 0) is 0 Å². The number of benzene rings is 2. The van der Waals surface area contributed by atoms with Crippen molar-refractivity contribution in [1.82, 2.24) is 14.7 Å². The molecule has 1 saturated carbocycles. The van der Waals surface area contributed by atoms with Gasteiger partial charge in [-0.2, -0.15) is 5.10 Å². The van der Waals surface area contributed by atoms with Gasteiger partial charge in [0.1, 0.15) is 18.1 Å². The summed E-state index contributed by atoms with van der Waals surface area (Å²) in [5, 5.41) is 4.72. The van der Waals surface area contributed by atoms with Crippen molar-refractivity contribution in [3.63, 3.8) is 0 Å². The highest BCUT2D eigenvalue weighted by Crippen LogP contribution is 2.39. The number of para-hydroxylation sites is 1. The van der Waals surface area contributed by atoms with Gasteiger partial charge in [-0.05, 0) is 55.7 Å². The predicted octanol–water partition coefficient (Wildman–Crippen LogP) is 4.21. The van der Waals surface area contributed by atoms with Crippen LogP contribution in [0.25, 0.3) is 5.69 Å². The molecule has 0 bridgehead atoms. The van der Waals surface area contributed by atoms with E-state index in [4.69, 9.17) is 9.84 Å². The summed E-state index contributed by atoms with van der Waals surface area (Å²) < 4.78 is 7.57. The molecule has 0 unspecified atom stereocenters. The van der Waals surface area contributed by atoms with Gasteiger partial charge in [-0.1, -0.05) is 30.3 Å². The minimum Gasteiger partial charge on any atom is -0.492 e. The van der Waals surface area contributed by atoms with Gasteiger partial charge in [-0.25, -0.2) is 4.68 Å². The van der Waals surface area contributed by atoms with Crippen LogP contribution >= 0.6 is 0 Å². The van der Waals surface area contributed by atoms with E-state index in [9.17, 15) is 4.79 Å². The van der Waals surface area contributed by atoms with Crippen LogP contribution in [-0.4, -0.2) is 40.8 Å². The van der Waals surface area contributed by atoms with Gasteiger partial charge >= 0.3 is 0 Å². The number of aryl methyl sites for hydroxylation is 1. The molecule has 0 aliphatic heterocycles. The SMILES string of the molecule is Cc1cccc(OCCN(C)C(=O)c2cc(C3CC3)nn2-c2ccccc2)c1. The lowest BCUT2D eigenvalue weighted by molar-refractivity contribution is 0.0764. The van der Waals surface area contributed by atoms with Gasteiger partial charge in [-0.15, -0.1) is 0 Å². The number of hydrogen-bond acceptors (Lipinski definition) is 3. The normalized spacial score (nSPS) is 13.4. The summed E-state index contributed by atoms with van der Waals surface area (Å²) in [5.74, 6) is 1.27. The Bertz CT molecular complexity index is 961. The zero-order valence-electron chi connectivity index (χ0n) is 16.3. The molecule has 4 rings (SSSR count). The van der Waals surface area contributed by atoms with Crippen molar-refractivity contribution in [3.05, 3.63) is 77.6 Å². The Kier molecular flexibility index (Phi) is 5.15. The monoisotopic (exact) mass is 375 g/mol. The first-order chi connectivity index (χ1) is 13.6. The van der Waals surface area contributed by atoms with E-state index in [-0.39, 0.29) is 5.91 Å². The van der Waals surface area contributed by atoms with Crippen LogP contribution in [0, 0.1) is 6.92 Å². The smallest absolute Gasteiger partial charge is 0.272 e. The molecule has 3 aromatic rings. The molecule has 1 fully saturated rings. The molecule has 28 heavy (non-hydrogen) atoms. The molecule has 0 spiro atoms. The number of aromatic nitrogens is 2. The first-order valence-electron chi connectivity index (χ1n) is 9.72. The molecule has 0 radical (unpaired) electrons. The molecule has 1 aliphatic rings. The number of ether oxygens (including phenoxy) is 1. The number of likely N-dealkylation sites (N-methyl/N-ethyl adjacent to an activating group) is 1. The fraction of sp³-hybridized carbons (Fsp3) is 0.304. The third-order valence-electron chi connectivity index (χ3n) is 4.98. The first kappa shape index (κ1) is 18.3. The minimum atomic E-state index is -0.0453. The van der Waals surface area contributed by atoms with Crippen LogP contribution in [0.15, 0.2) is 60.7 Å². The summed E-state index contributed by atoms with van der Waals surface area (Å²) in [7, 11) is 1.81. The number of carbonyl (C=O) groups excluding carboxylic acids is 1. The summed E-state index contributed by atoms with van der Waals surface area (Å²) in [5.41, 5.74) is 3.67. The molecule has 0 atom stereocenters. The van der Waals surface area contributed by atoms with Gasteiger partial charge in [0.25, 0.3) is 5.91 Å². The molecule has 1 amide bonds. The summed E-state index contributed by atoms with van der Waals surface area (Å²) in [6.07, 6.45) is 2.30. The first-order valence-corrected chi connectivity index (χ1v) is 9.72. The molecule has 0 saturated heterocycles. The quantitative estimate of drug-likeness (QED) is 0.621.